The highest BCUT2D eigenvalue weighted by molar-refractivity contribution is 5.79. The largest absolute Gasteiger partial charge is 0.349 e. The zero-order valence-electron chi connectivity index (χ0n) is 9.57. The molecule has 0 aliphatic carbocycles. The first kappa shape index (κ1) is 11.1. The van der Waals surface area contributed by atoms with E-state index in [9.17, 15) is 4.79 Å². The number of amides is 1. The van der Waals surface area contributed by atoms with Crippen molar-refractivity contribution in [3.63, 3.8) is 0 Å². The van der Waals surface area contributed by atoms with Crippen LogP contribution >= 0.6 is 0 Å². The first-order valence-electron chi connectivity index (χ1n) is 5.83. The van der Waals surface area contributed by atoms with Crippen LogP contribution in [-0.4, -0.2) is 19.0 Å². The normalized spacial score (nSPS) is 21.7. The summed E-state index contributed by atoms with van der Waals surface area (Å²) in [5.41, 5.74) is 1.15. The lowest BCUT2D eigenvalue weighted by Crippen LogP contribution is -2.33. The van der Waals surface area contributed by atoms with Gasteiger partial charge in [0.2, 0.25) is 5.91 Å². The van der Waals surface area contributed by atoms with Gasteiger partial charge in [0.25, 0.3) is 0 Å². The molecular formula is C13H18N2O. The Bertz CT molecular complexity index is 344. The van der Waals surface area contributed by atoms with Crippen molar-refractivity contribution in [2.45, 2.75) is 19.4 Å². The summed E-state index contributed by atoms with van der Waals surface area (Å²) in [7, 11) is 0. The van der Waals surface area contributed by atoms with E-state index in [-0.39, 0.29) is 17.9 Å². The molecule has 0 spiro atoms. The molecule has 1 amide bonds. The van der Waals surface area contributed by atoms with Crippen LogP contribution in [0.4, 0.5) is 0 Å². The Morgan fingerprint density at radius 1 is 1.44 bits per heavy atom. The van der Waals surface area contributed by atoms with Gasteiger partial charge in [-0.1, -0.05) is 30.3 Å². The van der Waals surface area contributed by atoms with Gasteiger partial charge >= 0.3 is 0 Å². The third kappa shape index (κ3) is 2.61. The number of rotatable bonds is 3. The molecule has 0 saturated carbocycles. The van der Waals surface area contributed by atoms with E-state index in [1.165, 1.54) is 0 Å². The standard InChI is InChI=1S/C13H18N2O/c1-10(11-5-3-2-4-6-11)15-13(16)12-7-8-14-9-12/h2-6,10,12,14H,7-9H2,1H3,(H,15,16)/t10?,12-/m1/s1. The molecule has 3 nitrogen and oxygen atoms in total. The predicted molar refractivity (Wildman–Crippen MR) is 64.0 cm³/mol. The van der Waals surface area contributed by atoms with E-state index in [1.807, 2.05) is 37.3 Å². The smallest absolute Gasteiger partial charge is 0.224 e. The van der Waals surface area contributed by atoms with Crippen molar-refractivity contribution in [1.29, 1.82) is 0 Å². The van der Waals surface area contributed by atoms with Crippen LogP contribution in [0.3, 0.4) is 0 Å². The molecule has 1 heterocycles. The highest BCUT2D eigenvalue weighted by atomic mass is 16.2. The molecule has 2 rings (SSSR count). The molecule has 1 aliphatic heterocycles. The van der Waals surface area contributed by atoms with Gasteiger partial charge in [0, 0.05) is 6.54 Å². The van der Waals surface area contributed by atoms with Gasteiger partial charge in [-0.15, -0.1) is 0 Å². The maximum Gasteiger partial charge on any atom is 0.224 e. The molecule has 3 heteroatoms. The van der Waals surface area contributed by atoms with Gasteiger partial charge in [-0.2, -0.15) is 0 Å². The Kier molecular flexibility index (Phi) is 3.57. The van der Waals surface area contributed by atoms with Gasteiger partial charge < -0.3 is 10.6 Å². The lowest BCUT2D eigenvalue weighted by Gasteiger charge is -2.16. The first-order chi connectivity index (χ1) is 7.77. The van der Waals surface area contributed by atoms with E-state index in [0.29, 0.717) is 0 Å². The average molecular weight is 218 g/mol. The highest BCUT2D eigenvalue weighted by Gasteiger charge is 2.23. The Morgan fingerprint density at radius 3 is 2.81 bits per heavy atom. The van der Waals surface area contributed by atoms with Crippen LogP contribution in [0.2, 0.25) is 0 Å². The van der Waals surface area contributed by atoms with Gasteiger partial charge in [0.05, 0.1) is 12.0 Å². The molecule has 1 aliphatic rings. The Hall–Kier alpha value is -1.35. The minimum atomic E-state index is 0.0919. The average Bonchev–Trinajstić information content (AvgIpc) is 2.83. The third-order valence-electron chi connectivity index (χ3n) is 3.09. The fourth-order valence-corrected chi connectivity index (χ4v) is 2.03. The molecule has 2 atom stereocenters. The summed E-state index contributed by atoms with van der Waals surface area (Å²) in [6.07, 6.45) is 0.952. The number of hydrogen-bond acceptors (Lipinski definition) is 2. The molecule has 0 radical (unpaired) electrons. The quantitative estimate of drug-likeness (QED) is 0.806. The molecule has 1 unspecified atom stereocenters. The number of nitrogens with one attached hydrogen (secondary N) is 2. The lowest BCUT2D eigenvalue weighted by atomic mass is 10.1. The van der Waals surface area contributed by atoms with E-state index in [1.54, 1.807) is 0 Å². The second-order valence-electron chi connectivity index (χ2n) is 4.33. The SMILES string of the molecule is CC(NC(=O)[C@@H]1CCNC1)c1ccccc1. The summed E-state index contributed by atoms with van der Waals surface area (Å²) >= 11 is 0. The van der Waals surface area contributed by atoms with Gasteiger partial charge in [0.15, 0.2) is 0 Å². The number of carbonyl (C=O) groups excluding carboxylic acids is 1. The maximum atomic E-state index is 11.9. The molecule has 0 aromatic heterocycles. The molecule has 16 heavy (non-hydrogen) atoms. The Balaban J connectivity index is 1.92. The molecule has 1 aromatic carbocycles. The highest BCUT2D eigenvalue weighted by Crippen LogP contribution is 2.14. The fraction of sp³-hybridized carbons (Fsp3) is 0.462. The lowest BCUT2D eigenvalue weighted by molar-refractivity contribution is -0.125. The number of hydrogen-bond donors (Lipinski definition) is 2. The fourth-order valence-electron chi connectivity index (χ4n) is 2.03. The zero-order valence-corrected chi connectivity index (χ0v) is 9.57. The summed E-state index contributed by atoms with van der Waals surface area (Å²) in [6.45, 7) is 3.79. The van der Waals surface area contributed by atoms with Crippen molar-refractivity contribution in [1.82, 2.24) is 10.6 Å². The Labute approximate surface area is 96.2 Å². The second-order valence-corrected chi connectivity index (χ2v) is 4.33. The minimum absolute atomic E-state index is 0.0919. The molecule has 86 valence electrons. The van der Waals surface area contributed by atoms with Gasteiger partial charge in [-0.25, -0.2) is 0 Å². The Morgan fingerprint density at radius 2 is 2.19 bits per heavy atom. The van der Waals surface area contributed by atoms with E-state index in [4.69, 9.17) is 0 Å². The third-order valence-corrected chi connectivity index (χ3v) is 3.09. The van der Waals surface area contributed by atoms with E-state index in [0.717, 1.165) is 25.1 Å². The van der Waals surface area contributed by atoms with Crippen molar-refractivity contribution in [3.8, 4) is 0 Å². The van der Waals surface area contributed by atoms with E-state index in [2.05, 4.69) is 10.6 Å². The van der Waals surface area contributed by atoms with Gasteiger partial charge in [-0.05, 0) is 25.5 Å². The topological polar surface area (TPSA) is 41.1 Å². The van der Waals surface area contributed by atoms with Crippen LogP contribution in [-0.2, 0) is 4.79 Å². The second kappa shape index (κ2) is 5.12. The molecule has 0 bridgehead atoms. The predicted octanol–water partition coefficient (Wildman–Crippen LogP) is 1.47. The number of benzene rings is 1. The van der Waals surface area contributed by atoms with E-state index >= 15 is 0 Å². The van der Waals surface area contributed by atoms with Crippen LogP contribution in [0.15, 0.2) is 30.3 Å². The molecule has 1 fully saturated rings. The zero-order chi connectivity index (χ0) is 11.4. The van der Waals surface area contributed by atoms with Crippen molar-refractivity contribution in [2.75, 3.05) is 13.1 Å². The summed E-state index contributed by atoms with van der Waals surface area (Å²) in [5, 5.41) is 6.26. The monoisotopic (exact) mass is 218 g/mol. The maximum absolute atomic E-state index is 11.9. The van der Waals surface area contributed by atoms with Crippen molar-refractivity contribution >= 4 is 5.91 Å². The molecule has 1 saturated heterocycles. The molecule has 1 aromatic rings. The minimum Gasteiger partial charge on any atom is -0.349 e. The summed E-state index contributed by atoms with van der Waals surface area (Å²) < 4.78 is 0. The summed E-state index contributed by atoms with van der Waals surface area (Å²) in [6, 6.07) is 10.1. The van der Waals surface area contributed by atoms with Crippen molar-refractivity contribution in [3.05, 3.63) is 35.9 Å². The van der Waals surface area contributed by atoms with Crippen LogP contribution in [0.1, 0.15) is 24.9 Å². The number of carbonyl (C=O) groups is 1. The van der Waals surface area contributed by atoms with Gasteiger partial charge in [0.1, 0.15) is 0 Å². The van der Waals surface area contributed by atoms with Gasteiger partial charge in [-0.3, -0.25) is 4.79 Å². The first-order valence-corrected chi connectivity index (χ1v) is 5.83. The summed E-state index contributed by atoms with van der Waals surface area (Å²) in [5.74, 6) is 0.313. The molecule has 2 N–H and O–H groups in total. The van der Waals surface area contributed by atoms with E-state index < -0.39 is 0 Å². The van der Waals surface area contributed by atoms with Crippen molar-refractivity contribution in [2.24, 2.45) is 5.92 Å². The van der Waals surface area contributed by atoms with Crippen molar-refractivity contribution < 1.29 is 4.79 Å². The molecular weight excluding hydrogens is 200 g/mol. The van der Waals surface area contributed by atoms with Crippen LogP contribution in [0.25, 0.3) is 0 Å². The van der Waals surface area contributed by atoms with Crippen LogP contribution in [0, 0.1) is 5.92 Å². The van der Waals surface area contributed by atoms with Crippen LogP contribution in [0.5, 0.6) is 0 Å². The van der Waals surface area contributed by atoms with Crippen LogP contribution < -0.4 is 10.6 Å². The summed E-state index contributed by atoms with van der Waals surface area (Å²) in [4.78, 5) is 11.9.